The standard InChI is InChI=1S/C21H33NO3/c1-6-12-24-21(11-7-8-16(4)14-21)20(23)22-18-9-10-19(17(5)13-18)25-15(2)3/h9-10,13,15-16H,6-8,11-12,14H2,1-5H3,(H,22,23). The van der Waals surface area contributed by atoms with E-state index in [9.17, 15) is 4.79 Å². The normalized spacial score (nSPS) is 23.5. The van der Waals surface area contributed by atoms with Crippen LogP contribution in [0.15, 0.2) is 18.2 Å². The molecule has 1 aromatic rings. The number of amides is 1. The number of nitrogens with one attached hydrogen (secondary N) is 1. The number of hydrogen-bond acceptors (Lipinski definition) is 3. The van der Waals surface area contributed by atoms with Gasteiger partial charge in [-0.25, -0.2) is 0 Å². The first kappa shape index (κ1) is 19.8. The van der Waals surface area contributed by atoms with Crippen molar-refractivity contribution in [3.05, 3.63) is 23.8 Å². The monoisotopic (exact) mass is 347 g/mol. The predicted octanol–water partition coefficient (Wildman–Crippen LogP) is 5.10. The third-order valence-corrected chi connectivity index (χ3v) is 4.75. The fourth-order valence-corrected chi connectivity index (χ4v) is 3.56. The van der Waals surface area contributed by atoms with E-state index in [4.69, 9.17) is 9.47 Å². The van der Waals surface area contributed by atoms with E-state index in [1.807, 2.05) is 39.0 Å². The van der Waals surface area contributed by atoms with Crippen molar-refractivity contribution in [2.45, 2.75) is 78.4 Å². The third kappa shape index (κ3) is 5.21. The van der Waals surface area contributed by atoms with Crippen molar-refractivity contribution in [3.63, 3.8) is 0 Å². The molecule has 0 aromatic heterocycles. The fourth-order valence-electron chi connectivity index (χ4n) is 3.56. The lowest BCUT2D eigenvalue weighted by Gasteiger charge is -2.38. The van der Waals surface area contributed by atoms with E-state index >= 15 is 0 Å². The summed E-state index contributed by atoms with van der Waals surface area (Å²) in [4.78, 5) is 13.0. The molecule has 1 aliphatic carbocycles. The van der Waals surface area contributed by atoms with Crippen molar-refractivity contribution in [2.24, 2.45) is 5.92 Å². The Labute approximate surface area is 152 Å². The molecule has 0 radical (unpaired) electrons. The van der Waals surface area contributed by atoms with Crippen LogP contribution in [0.1, 0.15) is 65.4 Å². The summed E-state index contributed by atoms with van der Waals surface area (Å²) in [5.74, 6) is 1.36. The Kier molecular flexibility index (Phi) is 6.88. The zero-order valence-electron chi connectivity index (χ0n) is 16.4. The molecule has 0 bridgehead atoms. The highest BCUT2D eigenvalue weighted by molar-refractivity contribution is 5.97. The molecule has 2 rings (SSSR count). The molecular weight excluding hydrogens is 314 g/mol. The van der Waals surface area contributed by atoms with Crippen LogP contribution in [0.3, 0.4) is 0 Å². The van der Waals surface area contributed by atoms with E-state index in [1.165, 1.54) is 6.42 Å². The van der Waals surface area contributed by atoms with Crippen molar-refractivity contribution in [2.75, 3.05) is 11.9 Å². The average Bonchev–Trinajstić information content (AvgIpc) is 2.55. The minimum absolute atomic E-state index is 0.00979. The summed E-state index contributed by atoms with van der Waals surface area (Å²) in [7, 11) is 0. The van der Waals surface area contributed by atoms with Gasteiger partial charge >= 0.3 is 0 Å². The summed E-state index contributed by atoms with van der Waals surface area (Å²) in [6, 6.07) is 5.80. The number of anilines is 1. The van der Waals surface area contributed by atoms with Crippen LogP contribution in [0.4, 0.5) is 5.69 Å². The number of aryl methyl sites for hydroxylation is 1. The lowest BCUT2D eigenvalue weighted by atomic mass is 9.78. The number of benzene rings is 1. The van der Waals surface area contributed by atoms with Gasteiger partial charge in [-0.2, -0.15) is 0 Å². The highest BCUT2D eigenvalue weighted by Crippen LogP contribution is 2.36. The Morgan fingerprint density at radius 1 is 1.40 bits per heavy atom. The zero-order valence-corrected chi connectivity index (χ0v) is 16.4. The molecule has 25 heavy (non-hydrogen) atoms. The van der Waals surface area contributed by atoms with E-state index in [2.05, 4.69) is 19.2 Å². The molecule has 1 aliphatic rings. The van der Waals surface area contributed by atoms with Crippen LogP contribution < -0.4 is 10.1 Å². The molecule has 1 N–H and O–H groups in total. The maximum Gasteiger partial charge on any atom is 0.256 e. The Bertz CT molecular complexity index is 585. The Hall–Kier alpha value is -1.55. The second kappa shape index (κ2) is 8.70. The minimum atomic E-state index is -0.686. The highest BCUT2D eigenvalue weighted by Gasteiger charge is 2.42. The van der Waals surface area contributed by atoms with Crippen LogP contribution in [0.2, 0.25) is 0 Å². The minimum Gasteiger partial charge on any atom is -0.491 e. The van der Waals surface area contributed by atoms with Gasteiger partial charge in [-0.3, -0.25) is 4.79 Å². The number of rotatable bonds is 7. The number of ether oxygens (including phenoxy) is 2. The number of carbonyl (C=O) groups excluding carboxylic acids is 1. The van der Waals surface area contributed by atoms with Gasteiger partial charge in [0.05, 0.1) is 6.10 Å². The second-order valence-electron chi connectivity index (χ2n) is 7.65. The van der Waals surface area contributed by atoms with Crippen LogP contribution >= 0.6 is 0 Å². The molecule has 1 fully saturated rings. The molecule has 4 nitrogen and oxygen atoms in total. The molecule has 0 heterocycles. The number of carbonyl (C=O) groups is 1. The van der Waals surface area contributed by atoms with Gasteiger partial charge in [0, 0.05) is 12.3 Å². The quantitative estimate of drug-likeness (QED) is 0.747. The first-order chi connectivity index (χ1) is 11.9. The maximum absolute atomic E-state index is 13.0. The molecular formula is C21H33NO3. The highest BCUT2D eigenvalue weighted by atomic mass is 16.5. The van der Waals surface area contributed by atoms with Gasteiger partial charge < -0.3 is 14.8 Å². The van der Waals surface area contributed by atoms with Crippen molar-refractivity contribution < 1.29 is 14.3 Å². The molecule has 2 unspecified atom stereocenters. The van der Waals surface area contributed by atoms with Crippen molar-refractivity contribution in [1.29, 1.82) is 0 Å². The molecule has 0 aliphatic heterocycles. The van der Waals surface area contributed by atoms with Gasteiger partial charge in [-0.05, 0) is 76.1 Å². The Morgan fingerprint density at radius 3 is 2.76 bits per heavy atom. The molecule has 1 amide bonds. The van der Waals surface area contributed by atoms with Crippen LogP contribution in [-0.4, -0.2) is 24.2 Å². The molecule has 1 saturated carbocycles. The van der Waals surface area contributed by atoms with Crippen LogP contribution in [0.25, 0.3) is 0 Å². The van der Waals surface area contributed by atoms with E-state index in [-0.39, 0.29) is 12.0 Å². The van der Waals surface area contributed by atoms with Crippen LogP contribution in [0, 0.1) is 12.8 Å². The summed E-state index contributed by atoms with van der Waals surface area (Å²) in [6.07, 6.45) is 4.87. The van der Waals surface area contributed by atoms with E-state index in [0.29, 0.717) is 12.5 Å². The molecule has 0 spiro atoms. The second-order valence-corrected chi connectivity index (χ2v) is 7.65. The summed E-state index contributed by atoms with van der Waals surface area (Å²) >= 11 is 0. The zero-order chi connectivity index (χ0) is 18.4. The van der Waals surface area contributed by atoms with Crippen molar-refractivity contribution in [1.82, 2.24) is 0 Å². The van der Waals surface area contributed by atoms with E-state index in [0.717, 1.165) is 42.7 Å². The third-order valence-electron chi connectivity index (χ3n) is 4.75. The van der Waals surface area contributed by atoms with E-state index < -0.39 is 5.60 Å². The van der Waals surface area contributed by atoms with Crippen LogP contribution in [-0.2, 0) is 9.53 Å². The Morgan fingerprint density at radius 2 is 2.16 bits per heavy atom. The largest absolute Gasteiger partial charge is 0.491 e. The lowest BCUT2D eigenvalue weighted by Crippen LogP contribution is -2.48. The number of hydrogen-bond donors (Lipinski definition) is 1. The SMILES string of the molecule is CCCOC1(C(=O)Nc2ccc(OC(C)C)c(C)c2)CCCC(C)C1. The van der Waals surface area contributed by atoms with Gasteiger partial charge in [0.15, 0.2) is 0 Å². The van der Waals surface area contributed by atoms with Gasteiger partial charge in [0.2, 0.25) is 0 Å². The molecule has 1 aromatic carbocycles. The maximum atomic E-state index is 13.0. The summed E-state index contributed by atoms with van der Waals surface area (Å²) in [5.41, 5.74) is 1.14. The van der Waals surface area contributed by atoms with Gasteiger partial charge in [-0.15, -0.1) is 0 Å². The first-order valence-corrected chi connectivity index (χ1v) is 9.59. The molecule has 0 saturated heterocycles. The van der Waals surface area contributed by atoms with Crippen molar-refractivity contribution >= 4 is 11.6 Å². The van der Waals surface area contributed by atoms with Crippen LogP contribution in [0.5, 0.6) is 5.75 Å². The van der Waals surface area contributed by atoms with Gasteiger partial charge in [0.1, 0.15) is 11.4 Å². The van der Waals surface area contributed by atoms with Gasteiger partial charge in [-0.1, -0.05) is 20.3 Å². The lowest BCUT2D eigenvalue weighted by molar-refractivity contribution is -0.148. The van der Waals surface area contributed by atoms with Gasteiger partial charge in [0.25, 0.3) is 5.91 Å². The molecule has 2 atom stereocenters. The summed E-state index contributed by atoms with van der Waals surface area (Å²) in [6.45, 7) is 10.9. The first-order valence-electron chi connectivity index (χ1n) is 9.59. The Balaban J connectivity index is 2.13. The summed E-state index contributed by atoms with van der Waals surface area (Å²) in [5, 5.41) is 3.08. The fraction of sp³-hybridized carbons (Fsp3) is 0.667. The molecule has 4 heteroatoms. The summed E-state index contributed by atoms with van der Waals surface area (Å²) < 4.78 is 11.9. The predicted molar refractivity (Wildman–Crippen MR) is 102 cm³/mol. The topological polar surface area (TPSA) is 47.6 Å². The van der Waals surface area contributed by atoms with E-state index in [1.54, 1.807) is 0 Å². The smallest absolute Gasteiger partial charge is 0.256 e. The molecule has 140 valence electrons. The van der Waals surface area contributed by atoms with Crippen molar-refractivity contribution in [3.8, 4) is 5.75 Å². The average molecular weight is 347 g/mol.